The van der Waals surface area contributed by atoms with Gasteiger partial charge in [-0.1, -0.05) is 25.1 Å². The van der Waals surface area contributed by atoms with Crippen LogP contribution in [0.5, 0.6) is 0 Å². The van der Waals surface area contributed by atoms with E-state index in [1.54, 1.807) is 19.1 Å². The van der Waals surface area contributed by atoms with E-state index in [0.29, 0.717) is 10.7 Å². The van der Waals surface area contributed by atoms with Crippen LogP contribution < -0.4 is 4.31 Å². The molecule has 190 valence electrons. The second kappa shape index (κ2) is 9.86. The van der Waals surface area contributed by atoms with E-state index >= 15 is 0 Å². The number of non-ortho nitro benzene ring substituents is 1. The van der Waals surface area contributed by atoms with Crippen LogP contribution in [-0.4, -0.2) is 32.3 Å². The summed E-state index contributed by atoms with van der Waals surface area (Å²) in [4.78, 5) is 36.5. The second-order valence-corrected chi connectivity index (χ2v) is 9.87. The topological polar surface area (TPSA) is 137 Å². The van der Waals surface area contributed by atoms with Crippen LogP contribution in [0.3, 0.4) is 0 Å². The molecule has 0 N–H and O–H groups in total. The van der Waals surface area contributed by atoms with Gasteiger partial charge in [-0.25, -0.2) is 13.2 Å². The normalized spacial score (nSPS) is 11.3. The van der Waals surface area contributed by atoms with E-state index in [9.17, 15) is 28.1 Å². The van der Waals surface area contributed by atoms with Crippen molar-refractivity contribution >= 4 is 44.2 Å². The SMILES string of the molecule is CCc1ccc(S(=O)(=O)N(C(=O)c2cccc([N+](=O)[O-])c2)c2ccc3oc(C)c(C(=O)OC)c3c2)cc1. The van der Waals surface area contributed by atoms with Crippen molar-refractivity contribution in [3.8, 4) is 0 Å². The van der Waals surface area contributed by atoms with E-state index < -0.39 is 26.8 Å². The number of ether oxygens (including phenoxy) is 1. The van der Waals surface area contributed by atoms with Gasteiger partial charge in [-0.05, 0) is 55.3 Å². The smallest absolute Gasteiger partial charge is 0.342 e. The quantitative estimate of drug-likeness (QED) is 0.187. The fourth-order valence-electron chi connectivity index (χ4n) is 3.93. The minimum Gasteiger partial charge on any atom is -0.465 e. The molecule has 0 spiro atoms. The second-order valence-electron chi connectivity index (χ2n) is 8.08. The molecule has 10 nitrogen and oxygen atoms in total. The maximum atomic E-state index is 13.8. The highest BCUT2D eigenvalue weighted by Crippen LogP contribution is 2.33. The number of aryl methyl sites for hydroxylation is 2. The number of nitro groups is 1. The van der Waals surface area contributed by atoms with Crippen molar-refractivity contribution in [1.29, 1.82) is 0 Å². The molecule has 0 saturated heterocycles. The first kappa shape index (κ1) is 25.6. The number of rotatable bonds is 7. The Hall–Kier alpha value is -4.51. The maximum absolute atomic E-state index is 13.8. The molecule has 4 rings (SSSR count). The molecule has 0 bridgehead atoms. The van der Waals surface area contributed by atoms with E-state index in [2.05, 4.69) is 0 Å². The van der Waals surface area contributed by atoms with E-state index in [4.69, 9.17) is 9.15 Å². The molecular weight excluding hydrogens is 500 g/mol. The molecule has 0 aliphatic heterocycles. The number of nitrogens with zero attached hydrogens (tertiary/aromatic N) is 2. The Balaban J connectivity index is 1.95. The zero-order valence-electron chi connectivity index (χ0n) is 20.1. The van der Waals surface area contributed by atoms with Crippen molar-refractivity contribution in [3.05, 3.63) is 99.3 Å². The molecule has 0 atom stereocenters. The fraction of sp³-hybridized carbons (Fsp3) is 0.154. The van der Waals surface area contributed by atoms with Gasteiger partial charge >= 0.3 is 5.97 Å². The molecule has 0 unspecified atom stereocenters. The van der Waals surface area contributed by atoms with Crippen molar-refractivity contribution in [1.82, 2.24) is 0 Å². The van der Waals surface area contributed by atoms with Gasteiger partial charge in [-0.3, -0.25) is 14.9 Å². The number of nitro benzene ring substituents is 1. The highest BCUT2D eigenvalue weighted by molar-refractivity contribution is 7.93. The van der Waals surface area contributed by atoms with Crippen LogP contribution in [0.4, 0.5) is 11.4 Å². The summed E-state index contributed by atoms with van der Waals surface area (Å²) in [5.74, 6) is -1.45. The minimum atomic E-state index is -4.49. The molecule has 37 heavy (non-hydrogen) atoms. The highest BCUT2D eigenvalue weighted by Gasteiger charge is 2.33. The number of benzene rings is 3. The van der Waals surface area contributed by atoms with Gasteiger partial charge in [0.1, 0.15) is 16.9 Å². The maximum Gasteiger partial charge on any atom is 0.342 e. The summed E-state index contributed by atoms with van der Waals surface area (Å²) in [6.45, 7) is 3.48. The number of methoxy groups -OCH3 is 1. The summed E-state index contributed by atoms with van der Waals surface area (Å²) >= 11 is 0. The first-order valence-electron chi connectivity index (χ1n) is 11.1. The van der Waals surface area contributed by atoms with E-state index in [-0.39, 0.29) is 44.1 Å². The number of carbonyl (C=O) groups is 2. The lowest BCUT2D eigenvalue weighted by atomic mass is 10.1. The molecule has 11 heteroatoms. The van der Waals surface area contributed by atoms with E-state index in [1.807, 2.05) is 6.92 Å². The summed E-state index contributed by atoms with van der Waals surface area (Å²) in [6, 6.07) is 15.0. The zero-order valence-corrected chi connectivity index (χ0v) is 20.9. The summed E-state index contributed by atoms with van der Waals surface area (Å²) in [5.41, 5.74) is 0.605. The number of furan rings is 1. The average molecular weight is 523 g/mol. The summed E-state index contributed by atoms with van der Waals surface area (Å²) in [5, 5.41) is 11.5. The van der Waals surface area contributed by atoms with Crippen molar-refractivity contribution in [2.24, 2.45) is 0 Å². The largest absolute Gasteiger partial charge is 0.465 e. The zero-order chi connectivity index (χ0) is 26.9. The monoisotopic (exact) mass is 522 g/mol. The Morgan fingerprint density at radius 2 is 1.76 bits per heavy atom. The third-order valence-electron chi connectivity index (χ3n) is 5.83. The predicted octanol–water partition coefficient (Wildman–Crippen LogP) is 5.03. The predicted molar refractivity (Wildman–Crippen MR) is 135 cm³/mol. The lowest BCUT2D eigenvalue weighted by molar-refractivity contribution is -0.384. The minimum absolute atomic E-state index is 0.0884. The van der Waals surface area contributed by atoms with Crippen LogP contribution in [-0.2, 0) is 21.2 Å². The first-order valence-corrected chi connectivity index (χ1v) is 12.6. The number of carbonyl (C=O) groups excluding carboxylic acids is 2. The van der Waals surface area contributed by atoms with E-state index in [0.717, 1.165) is 11.6 Å². The van der Waals surface area contributed by atoms with Crippen molar-refractivity contribution < 1.29 is 32.1 Å². The molecule has 0 fully saturated rings. The van der Waals surface area contributed by atoms with Crippen LogP contribution >= 0.6 is 0 Å². The molecule has 0 saturated carbocycles. The molecule has 0 radical (unpaired) electrons. The number of fused-ring (bicyclic) bond motifs is 1. The Bertz CT molecular complexity index is 1640. The number of esters is 1. The Morgan fingerprint density at radius 3 is 2.38 bits per heavy atom. The standard InChI is InChI=1S/C26H22N2O8S/c1-4-17-8-11-21(12-9-17)37(33,34)27(25(29)18-6-5-7-20(14-18)28(31)32)19-10-13-23-22(15-19)24(16(2)36-23)26(30)35-3/h5-15H,4H2,1-3H3. The van der Waals surface area contributed by atoms with Gasteiger partial charge in [-0.2, -0.15) is 4.31 Å². The average Bonchev–Trinajstić information content (AvgIpc) is 3.23. The number of sulfonamides is 1. The number of hydrogen-bond donors (Lipinski definition) is 0. The molecule has 1 aromatic heterocycles. The van der Waals surface area contributed by atoms with Gasteiger partial charge in [0.25, 0.3) is 21.6 Å². The molecule has 3 aromatic carbocycles. The first-order chi connectivity index (χ1) is 17.6. The van der Waals surface area contributed by atoms with Gasteiger partial charge in [0.05, 0.1) is 22.6 Å². The summed E-state index contributed by atoms with van der Waals surface area (Å²) in [7, 11) is -3.29. The van der Waals surface area contributed by atoms with Gasteiger partial charge in [-0.15, -0.1) is 0 Å². The van der Waals surface area contributed by atoms with E-state index in [1.165, 1.54) is 55.6 Å². The van der Waals surface area contributed by atoms with Crippen molar-refractivity contribution in [2.45, 2.75) is 25.2 Å². The van der Waals surface area contributed by atoms with Gasteiger partial charge < -0.3 is 9.15 Å². The summed E-state index contributed by atoms with van der Waals surface area (Å²) in [6.07, 6.45) is 0.684. The molecule has 0 aliphatic carbocycles. The molecule has 0 aliphatic rings. The van der Waals surface area contributed by atoms with Crippen molar-refractivity contribution in [3.63, 3.8) is 0 Å². The molecular formula is C26H22N2O8S. The van der Waals surface area contributed by atoms with Crippen LogP contribution in [0, 0.1) is 17.0 Å². The molecule has 4 aromatic rings. The van der Waals surface area contributed by atoms with Crippen molar-refractivity contribution in [2.75, 3.05) is 11.4 Å². The van der Waals surface area contributed by atoms with Crippen LogP contribution in [0.1, 0.15) is 39.0 Å². The summed E-state index contributed by atoms with van der Waals surface area (Å²) < 4.78 is 38.7. The Morgan fingerprint density at radius 1 is 1.05 bits per heavy atom. The van der Waals surface area contributed by atoms with Crippen LogP contribution in [0.25, 0.3) is 11.0 Å². The third kappa shape index (κ3) is 4.68. The lowest BCUT2D eigenvalue weighted by Crippen LogP contribution is -2.37. The Kier molecular flexibility index (Phi) is 6.82. The molecule has 1 heterocycles. The highest BCUT2D eigenvalue weighted by atomic mass is 32.2. The molecule has 1 amide bonds. The number of hydrogen-bond acceptors (Lipinski definition) is 8. The van der Waals surface area contributed by atoms with Crippen LogP contribution in [0.15, 0.2) is 76.0 Å². The fourth-order valence-corrected chi connectivity index (χ4v) is 5.33. The van der Waals surface area contributed by atoms with Gasteiger partial charge in [0.15, 0.2) is 0 Å². The Labute approximate surface area is 212 Å². The van der Waals surface area contributed by atoms with Gasteiger partial charge in [0.2, 0.25) is 0 Å². The number of anilines is 1. The van der Waals surface area contributed by atoms with Crippen LogP contribution in [0.2, 0.25) is 0 Å². The lowest BCUT2D eigenvalue weighted by Gasteiger charge is -2.23. The van der Waals surface area contributed by atoms with Gasteiger partial charge in [0, 0.05) is 23.1 Å². The third-order valence-corrected chi connectivity index (χ3v) is 7.56. The number of amides is 1.